The van der Waals surface area contributed by atoms with Gasteiger partial charge in [-0.05, 0) is 31.5 Å². The molecular weight excluding hydrogens is 172 g/mol. The van der Waals surface area contributed by atoms with Gasteiger partial charge in [-0.15, -0.1) is 0 Å². The summed E-state index contributed by atoms with van der Waals surface area (Å²) < 4.78 is 0. The van der Waals surface area contributed by atoms with Crippen molar-refractivity contribution in [2.45, 2.75) is 25.4 Å². The molecule has 1 heterocycles. The second-order valence-electron chi connectivity index (χ2n) is 4.31. The van der Waals surface area contributed by atoms with E-state index < -0.39 is 0 Å². The molecule has 2 heteroatoms. The standard InChI is InChI=1S/C12H18N2/c1-9-5-3-4-6-11(9)12-7-10(13)8-14(12)2/h3-6,10,12H,7-8,13H2,1-2H3. The Balaban J connectivity index is 2.27. The largest absolute Gasteiger partial charge is 0.326 e. The van der Waals surface area contributed by atoms with Gasteiger partial charge in [0.2, 0.25) is 0 Å². The van der Waals surface area contributed by atoms with Crippen molar-refractivity contribution >= 4 is 0 Å². The van der Waals surface area contributed by atoms with Crippen LogP contribution in [0.2, 0.25) is 0 Å². The van der Waals surface area contributed by atoms with Gasteiger partial charge in [-0.25, -0.2) is 0 Å². The molecule has 2 unspecified atom stereocenters. The molecule has 0 bridgehead atoms. The maximum absolute atomic E-state index is 5.96. The Morgan fingerprint density at radius 2 is 2.07 bits per heavy atom. The van der Waals surface area contributed by atoms with E-state index in [-0.39, 0.29) is 0 Å². The predicted molar refractivity (Wildman–Crippen MR) is 59.1 cm³/mol. The number of nitrogens with zero attached hydrogens (tertiary/aromatic N) is 1. The van der Waals surface area contributed by atoms with E-state index >= 15 is 0 Å². The predicted octanol–water partition coefficient (Wildman–Crippen LogP) is 1.70. The monoisotopic (exact) mass is 190 g/mol. The normalized spacial score (nSPS) is 28.2. The second-order valence-corrected chi connectivity index (χ2v) is 4.31. The summed E-state index contributed by atoms with van der Waals surface area (Å²) in [5.74, 6) is 0. The zero-order valence-electron chi connectivity index (χ0n) is 8.90. The molecule has 1 saturated heterocycles. The van der Waals surface area contributed by atoms with Crippen LogP contribution in [0, 0.1) is 6.92 Å². The lowest BCUT2D eigenvalue weighted by molar-refractivity contribution is 0.315. The summed E-state index contributed by atoms with van der Waals surface area (Å²) in [5, 5.41) is 0. The van der Waals surface area contributed by atoms with Crippen molar-refractivity contribution in [1.29, 1.82) is 0 Å². The molecule has 76 valence electrons. The molecule has 2 nitrogen and oxygen atoms in total. The number of aryl methyl sites for hydroxylation is 1. The van der Waals surface area contributed by atoms with E-state index in [4.69, 9.17) is 5.73 Å². The van der Waals surface area contributed by atoms with Crippen LogP contribution in [0.4, 0.5) is 0 Å². The maximum Gasteiger partial charge on any atom is 0.0363 e. The van der Waals surface area contributed by atoms with Crippen LogP contribution in [0.5, 0.6) is 0 Å². The van der Waals surface area contributed by atoms with Gasteiger partial charge in [0.1, 0.15) is 0 Å². The average molecular weight is 190 g/mol. The van der Waals surface area contributed by atoms with Crippen molar-refractivity contribution in [3.05, 3.63) is 35.4 Å². The molecule has 0 radical (unpaired) electrons. The topological polar surface area (TPSA) is 29.3 Å². The molecule has 2 rings (SSSR count). The number of rotatable bonds is 1. The highest BCUT2D eigenvalue weighted by Crippen LogP contribution is 2.31. The summed E-state index contributed by atoms with van der Waals surface area (Å²) in [6, 6.07) is 9.45. The molecular formula is C12H18N2. The lowest BCUT2D eigenvalue weighted by Crippen LogP contribution is -2.24. The molecule has 0 amide bonds. The van der Waals surface area contributed by atoms with E-state index in [1.165, 1.54) is 11.1 Å². The zero-order valence-corrected chi connectivity index (χ0v) is 8.90. The van der Waals surface area contributed by atoms with Gasteiger partial charge in [-0.1, -0.05) is 24.3 Å². The molecule has 0 spiro atoms. The quantitative estimate of drug-likeness (QED) is 0.730. The fourth-order valence-electron chi connectivity index (χ4n) is 2.36. The number of nitrogens with two attached hydrogens (primary N) is 1. The van der Waals surface area contributed by atoms with Crippen LogP contribution in [0.3, 0.4) is 0 Å². The van der Waals surface area contributed by atoms with Crippen LogP contribution < -0.4 is 5.73 Å². The molecule has 2 N–H and O–H groups in total. The molecule has 0 saturated carbocycles. The van der Waals surface area contributed by atoms with E-state index in [0.29, 0.717) is 12.1 Å². The first-order valence-electron chi connectivity index (χ1n) is 5.20. The highest BCUT2D eigenvalue weighted by Gasteiger charge is 2.28. The van der Waals surface area contributed by atoms with Gasteiger partial charge in [0, 0.05) is 18.6 Å². The molecule has 1 aliphatic rings. The van der Waals surface area contributed by atoms with E-state index in [2.05, 4.69) is 43.1 Å². The highest BCUT2D eigenvalue weighted by atomic mass is 15.2. The Kier molecular flexibility index (Phi) is 2.57. The molecule has 1 fully saturated rings. The van der Waals surface area contributed by atoms with Crippen molar-refractivity contribution in [2.24, 2.45) is 5.73 Å². The summed E-state index contributed by atoms with van der Waals surface area (Å²) in [4.78, 5) is 2.35. The van der Waals surface area contributed by atoms with Crippen molar-refractivity contribution in [3.8, 4) is 0 Å². The van der Waals surface area contributed by atoms with E-state index in [9.17, 15) is 0 Å². The molecule has 0 aromatic heterocycles. The Labute approximate surface area is 85.7 Å². The average Bonchev–Trinajstić information content (AvgIpc) is 2.46. The van der Waals surface area contributed by atoms with Gasteiger partial charge in [0.25, 0.3) is 0 Å². The summed E-state index contributed by atoms with van der Waals surface area (Å²) in [7, 11) is 2.16. The van der Waals surface area contributed by atoms with E-state index in [1.807, 2.05) is 0 Å². The molecule has 1 aliphatic heterocycles. The van der Waals surface area contributed by atoms with E-state index in [0.717, 1.165) is 13.0 Å². The fraction of sp³-hybridized carbons (Fsp3) is 0.500. The third-order valence-electron chi connectivity index (χ3n) is 3.13. The Morgan fingerprint density at radius 3 is 2.64 bits per heavy atom. The van der Waals surface area contributed by atoms with Crippen LogP contribution in [0.1, 0.15) is 23.6 Å². The Bertz CT molecular complexity index is 322. The minimum Gasteiger partial charge on any atom is -0.326 e. The van der Waals surface area contributed by atoms with Crippen molar-refractivity contribution in [3.63, 3.8) is 0 Å². The number of likely N-dealkylation sites (tertiary alicyclic amines) is 1. The summed E-state index contributed by atoms with van der Waals surface area (Å²) >= 11 is 0. The summed E-state index contributed by atoms with van der Waals surface area (Å²) in [5.41, 5.74) is 8.77. The Morgan fingerprint density at radius 1 is 1.36 bits per heavy atom. The van der Waals surface area contributed by atoms with Gasteiger partial charge in [-0.3, -0.25) is 4.90 Å². The Hall–Kier alpha value is -0.860. The third-order valence-corrected chi connectivity index (χ3v) is 3.13. The van der Waals surface area contributed by atoms with Crippen molar-refractivity contribution in [1.82, 2.24) is 4.90 Å². The lowest BCUT2D eigenvalue weighted by atomic mass is 9.99. The number of benzene rings is 1. The van der Waals surface area contributed by atoms with Crippen LogP contribution in [-0.2, 0) is 0 Å². The fourth-order valence-corrected chi connectivity index (χ4v) is 2.36. The molecule has 1 aromatic carbocycles. The first-order chi connectivity index (χ1) is 6.68. The number of likely N-dealkylation sites (N-methyl/N-ethyl adjacent to an activating group) is 1. The number of hydrogen-bond acceptors (Lipinski definition) is 2. The first-order valence-corrected chi connectivity index (χ1v) is 5.20. The van der Waals surface area contributed by atoms with Gasteiger partial charge in [-0.2, -0.15) is 0 Å². The maximum atomic E-state index is 5.96. The smallest absolute Gasteiger partial charge is 0.0363 e. The molecule has 0 aliphatic carbocycles. The lowest BCUT2D eigenvalue weighted by Gasteiger charge is -2.21. The van der Waals surface area contributed by atoms with Crippen molar-refractivity contribution < 1.29 is 0 Å². The van der Waals surface area contributed by atoms with Gasteiger partial charge < -0.3 is 5.73 Å². The molecule has 14 heavy (non-hydrogen) atoms. The number of hydrogen-bond donors (Lipinski definition) is 1. The van der Waals surface area contributed by atoms with E-state index in [1.54, 1.807) is 0 Å². The minimum absolute atomic E-state index is 0.338. The summed E-state index contributed by atoms with van der Waals surface area (Å²) in [6.45, 7) is 3.19. The van der Waals surface area contributed by atoms with Gasteiger partial charge in [0.05, 0.1) is 0 Å². The highest BCUT2D eigenvalue weighted by molar-refractivity contribution is 5.29. The van der Waals surface area contributed by atoms with Crippen LogP contribution in [-0.4, -0.2) is 24.5 Å². The van der Waals surface area contributed by atoms with Crippen molar-refractivity contribution in [2.75, 3.05) is 13.6 Å². The molecule has 2 atom stereocenters. The SMILES string of the molecule is Cc1ccccc1C1CC(N)CN1C. The second kappa shape index (κ2) is 3.71. The van der Waals surface area contributed by atoms with Crippen LogP contribution >= 0.6 is 0 Å². The van der Waals surface area contributed by atoms with Crippen LogP contribution in [0.15, 0.2) is 24.3 Å². The van der Waals surface area contributed by atoms with Gasteiger partial charge in [0.15, 0.2) is 0 Å². The molecule has 1 aromatic rings. The zero-order chi connectivity index (χ0) is 10.1. The van der Waals surface area contributed by atoms with Crippen LogP contribution in [0.25, 0.3) is 0 Å². The van der Waals surface area contributed by atoms with Gasteiger partial charge >= 0.3 is 0 Å². The third kappa shape index (κ3) is 1.68. The summed E-state index contributed by atoms with van der Waals surface area (Å²) in [6.07, 6.45) is 1.08. The minimum atomic E-state index is 0.338. The first kappa shape index (κ1) is 9.69.